The fourth-order valence-corrected chi connectivity index (χ4v) is 2.84. The highest BCUT2D eigenvalue weighted by Gasteiger charge is 2.58. The first-order valence-corrected chi connectivity index (χ1v) is 7.66. The smallest absolute Gasteiger partial charge is 0.438 e. The maximum absolute atomic E-state index is 11.8. The number of carbonyl (C=O) groups is 1. The predicted octanol–water partition coefficient (Wildman–Crippen LogP) is 2.19. The van der Waals surface area contributed by atoms with E-state index in [9.17, 15) is 9.59 Å². The van der Waals surface area contributed by atoms with Gasteiger partial charge in [0.15, 0.2) is 5.82 Å². The molecule has 1 amide bonds. The van der Waals surface area contributed by atoms with E-state index in [1.54, 1.807) is 0 Å². The number of rotatable bonds is 5. The molecule has 1 aromatic heterocycles. The van der Waals surface area contributed by atoms with Gasteiger partial charge in [0.05, 0.1) is 5.41 Å². The summed E-state index contributed by atoms with van der Waals surface area (Å²) in [5.74, 6) is 0.844. The van der Waals surface area contributed by atoms with Gasteiger partial charge in [-0.05, 0) is 45.4 Å². The Morgan fingerprint density at radius 2 is 2.23 bits per heavy atom. The average molecular weight is 311 g/mol. The van der Waals surface area contributed by atoms with E-state index < -0.39 is 17.5 Å². The van der Waals surface area contributed by atoms with Crippen LogP contribution in [0.5, 0.6) is 0 Å². The van der Waals surface area contributed by atoms with Crippen LogP contribution < -0.4 is 11.1 Å². The lowest BCUT2D eigenvalue weighted by Gasteiger charge is -2.21. The van der Waals surface area contributed by atoms with Crippen molar-refractivity contribution in [3.63, 3.8) is 0 Å². The third-order valence-corrected chi connectivity index (χ3v) is 3.85. The Morgan fingerprint density at radius 3 is 2.73 bits per heavy atom. The first-order valence-electron chi connectivity index (χ1n) is 7.66. The number of aromatic nitrogens is 2. The van der Waals surface area contributed by atoms with Crippen LogP contribution in [0.4, 0.5) is 4.79 Å². The van der Waals surface area contributed by atoms with Gasteiger partial charge < -0.3 is 10.1 Å². The Labute approximate surface area is 129 Å². The molecule has 1 fully saturated rings. The molecular formula is C15H25N3O4. The molecule has 2 unspecified atom stereocenters. The minimum absolute atomic E-state index is 0.354. The lowest BCUT2D eigenvalue weighted by Crippen LogP contribution is -2.38. The van der Waals surface area contributed by atoms with E-state index in [1.165, 1.54) is 0 Å². The van der Waals surface area contributed by atoms with Gasteiger partial charge in [0.1, 0.15) is 5.60 Å². The van der Waals surface area contributed by atoms with Crippen molar-refractivity contribution in [3.8, 4) is 0 Å². The number of nitrogens with one attached hydrogen (secondary N) is 2. The third kappa shape index (κ3) is 3.90. The number of carbonyl (C=O) groups excluding carboxylic acids is 1. The Kier molecular flexibility index (Phi) is 4.35. The van der Waals surface area contributed by atoms with Gasteiger partial charge in [0.2, 0.25) is 0 Å². The van der Waals surface area contributed by atoms with Crippen molar-refractivity contribution in [2.45, 2.75) is 58.5 Å². The molecule has 1 heterocycles. The minimum atomic E-state index is -0.568. The molecule has 7 heteroatoms. The van der Waals surface area contributed by atoms with Gasteiger partial charge >= 0.3 is 11.8 Å². The molecule has 124 valence electrons. The zero-order chi connectivity index (χ0) is 16.5. The molecule has 1 aliphatic carbocycles. The third-order valence-electron chi connectivity index (χ3n) is 3.85. The van der Waals surface area contributed by atoms with E-state index in [0.29, 0.717) is 24.2 Å². The van der Waals surface area contributed by atoms with E-state index in [1.807, 2.05) is 20.8 Å². The standard InChI is InChI=1S/C15H25N3O4/c1-9(2)6-10-7-15(10,11-17-13(20)22-18-11)8-16-12(19)21-14(3,4)5/h9-10H,6-8H2,1-5H3,(H,16,19)(H,17,18,20). The predicted molar refractivity (Wildman–Crippen MR) is 80.6 cm³/mol. The molecule has 0 aromatic carbocycles. The summed E-state index contributed by atoms with van der Waals surface area (Å²) in [7, 11) is 0. The number of hydrogen-bond donors (Lipinski definition) is 2. The molecule has 0 aliphatic heterocycles. The van der Waals surface area contributed by atoms with Crippen molar-refractivity contribution in [2.24, 2.45) is 11.8 Å². The number of amides is 1. The number of ether oxygens (including phenoxy) is 1. The molecule has 0 spiro atoms. The second kappa shape index (κ2) is 5.78. The van der Waals surface area contributed by atoms with E-state index in [-0.39, 0.29) is 5.41 Å². The molecule has 2 N–H and O–H groups in total. The maximum Gasteiger partial charge on any atom is 0.438 e. The Balaban J connectivity index is 2.05. The summed E-state index contributed by atoms with van der Waals surface area (Å²) in [6, 6.07) is 0. The zero-order valence-electron chi connectivity index (χ0n) is 13.9. The number of aromatic amines is 1. The molecule has 2 atom stereocenters. The summed E-state index contributed by atoms with van der Waals surface area (Å²) in [5, 5.41) is 6.61. The molecule has 22 heavy (non-hydrogen) atoms. The number of nitrogens with zero attached hydrogens (tertiary/aromatic N) is 1. The van der Waals surface area contributed by atoms with Gasteiger partial charge in [-0.2, -0.15) is 0 Å². The lowest BCUT2D eigenvalue weighted by molar-refractivity contribution is 0.0520. The number of hydrogen-bond acceptors (Lipinski definition) is 5. The van der Waals surface area contributed by atoms with E-state index >= 15 is 0 Å². The lowest BCUT2D eigenvalue weighted by atomic mass is 9.97. The summed E-state index contributed by atoms with van der Waals surface area (Å²) >= 11 is 0. The van der Waals surface area contributed by atoms with Gasteiger partial charge in [-0.1, -0.05) is 19.0 Å². The molecule has 0 saturated heterocycles. The second-order valence-corrected chi connectivity index (χ2v) is 7.49. The maximum atomic E-state index is 11.8. The quantitative estimate of drug-likeness (QED) is 0.868. The topological polar surface area (TPSA) is 97.2 Å². The van der Waals surface area contributed by atoms with Crippen LogP contribution in [-0.2, 0) is 10.2 Å². The van der Waals surface area contributed by atoms with Crippen molar-refractivity contribution in [2.75, 3.05) is 6.54 Å². The summed E-state index contributed by atoms with van der Waals surface area (Å²) < 4.78 is 9.88. The Hall–Kier alpha value is -1.79. The van der Waals surface area contributed by atoms with Crippen LogP contribution in [0.25, 0.3) is 0 Å². The van der Waals surface area contributed by atoms with E-state index in [4.69, 9.17) is 4.74 Å². The molecular weight excluding hydrogens is 286 g/mol. The summed E-state index contributed by atoms with van der Waals surface area (Å²) in [4.78, 5) is 25.7. The Bertz CT molecular complexity index is 584. The zero-order valence-corrected chi connectivity index (χ0v) is 13.9. The van der Waals surface area contributed by atoms with Crippen LogP contribution in [0.2, 0.25) is 0 Å². The van der Waals surface area contributed by atoms with Gasteiger partial charge in [-0.15, -0.1) is 0 Å². The highest BCUT2D eigenvalue weighted by molar-refractivity contribution is 5.68. The van der Waals surface area contributed by atoms with Crippen LogP contribution >= 0.6 is 0 Å². The number of H-pyrrole nitrogens is 1. The fourth-order valence-electron chi connectivity index (χ4n) is 2.84. The van der Waals surface area contributed by atoms with Crippen molar-refractivity contribution in [3.05, 3.63) is 16.4 Å². The van der Waals surface area contributed by atoms with Crippen molar-refractivity contribution >= 4 is 6.09 Å². The highest BCUT2D eigenvalue weighted by Crippen LogP contribution is 2.55. The van der Waals surface area contributed by atoms with Gasteiger partial charge in [0, 0.05) is 6.54 Å². The van der Waals surface area contributed by atoms with Gasteiger partial charge in [-0.3, -0.25) is 9.51 Å². The van der Waals surface area contributed by atoms with Gasteiger partial charge in [0.25, 0.3) is 0 Å². The SMILES string of the molecule is CC(C)CC1CC1(CNC(=O)OC(C)(C)C)c1noc(=O)[nH]1. The average Bonchev–Trinajstić information content (AvgIpc) is 2.84. The first kappa shape index (κ1) is 16.6. The van der Waals surface area contributed by atoms with Crippen molar-refractivity contribution in [1.29, 1.82) is 0 Å². The van der Waals surface area contributed by atoms with Crippen LogP contribution in [0.1, 0.15) is 53.3 Å². The molecule has 0 radical (unpaired) electrons. The normalized spacial score (nSPS) is 24.4. The van der Waals surface area contributed by atoms with Crippen LogP contribution in [0.15, 0.2) is 9.32 Å². The summed E-state index contributed by atoms with van der Waals surface area (Å²) in [5.41, 5.74) is -0.895. The monoisotopic (exact) mass is 311 g/mol. The van der Waals surface area contributed by atoms with Crippen molar-refractivity contribution in [1.82, 2.24) is 15.5 Å². The Morgan fingerprint density at radius 1 is 1.55 bits per heavy atom. The molecule has 1 aromatic rings. The largest absolute Gasteiger partial charge is 0.444 e. The molecule has 0 bridgehead atoms. The van der Waals surface area contributed by atoms with Crippen LogP contribution in [-0.4, -0.2) is 28.4 Å². The van der Waals surface area contributed by atoms with E-state index in [0.717, 1.165) is 12.8 Å². The molecule has 1 saturated carbocycles. The van der Waals surface area contributed by atoms with Gasteiger partial charge in [-0.25, -0.2) is 9.59 Å². The molecule has 2 rings (SSSR count). The van der Waals surface area contributed by atoms with Crippen molar-refractivity contribution < 1.29 is 14.1 Å². The minimum Gasteiger partial charge on any atom is -0.444 e. The first-order chi connectivity index (χ1) is 10.1. The summed E-state index contributed by atoms with van der Waals surface area (Å²) in [6.07, 6.45) is 1.40. The summed E-state index contributed by atoms with van der Waals surface area (Å²) in [6.45, 7) is 10.1. The second-order valence-electron chi connectivity index (χ2n) is 7.49. The molecule has 7 nitrogen and oxygen atoms in total. The number of alkyl carbamates (subject to hydrolysis) is 1. The molecule has 1 aliphatic rings. The van der Waals surface area contributed by atoms with Crippen LogP contribution in [0.3, 0.4) is 0 Å². The van der Waals surface area contributed by atoms with E-state index in [2.05, 4.69) is 33.8 Å². The highest BCUT2D eigenvalue weighted by atomic mass is 16.6. The van der Waals surface area contributed by atoms with Crippen LogP contribution in [0, 0.1) is 11.8 Å². The fraction of sp³-hybridized carbons (Fsp3) is 0.800.